The summed E-state index contributed by atoms with van der Waals surface area (Å²) in [5.74, 6) is -2.49. The highest BCUT2D eigenvalue weighted by molar-refractivity contribution is 6.34. The second-order valence-corrected chi connectivity index (χ2v) is 5.17. The SMILES string of the molecule is CC(=O)Nc1ccc(Cl)c(C(=O)NC(C)C(C)C(=O)O)c1. The van der Waals surface area contributed by atoms with E-state index in [1.54, 1.807) is 13.0 Å². The van der Waals surface area contributed by atoms with Crippen molar-refractivity contribution in [2.45, 2.75) is 26.8 Å². The molecule has 0 aliphatic carbocycles. The Bertz CT molecular complexity index is 574. The molecule has 114 valence electrons. The Morgan fingerprint density at radius 2 is 1.86 bits per heavy atom. The largest absolute Gasteiger partial charge is 0.481 e. The van der Waals surface area contributed by atoms with Crippen molar-refractivity contribution in [1.82, 2.24) is 5.32 Å². The first kappa shape index (κ1) is 17.0. The van der Waals surface area contributed by atoms with E-state index < -0.39 is 23.8 Å². The average Bonchev–Trinajstić information content (AvgIpc) is 2.39. The van der Waals surface area contributed by atoms with Crippen LogP contribution < -0.4 is 10.6 Å². The predicted molar refractivity (Wildman–Crippen MR) is 79.5 cm³/mol. The topological polar surface area (TPSA) is 95.5 Å². The van der Waals surface area contributed by atoms with Crippen molar-refractivity contribution in [3.05, 3.63) is 28.8 Å². The number of rotatable bonds is 5. The molecule has 3 N–H and O–H groups in total. The number of halogens is 1. The summed E-state index contributed by atoms with van der Waals surface area (Å²) in [7, 11) is 0. The van der Waals surface area contributed by atoms with Crippen LogP contribution in [0.25, 0.3) is 0 Å². The van der Waals surface area contributed by atoms with E-state index in [4.69, 9.17) is 16.7 Å². The lowest BCUT2D eigenvalue weighted by Crippen LogP contribution is -2.40. The minimum absolute atomic E-state index is 0.173. The van der Waals surface area contributed by atoms with Crippen molar-refractivity contribution in [1.29, 1.82) is 0 Å². The van der Waals surface area contributed by atoms with Crippen LogP contribution in [0.4, 0.5) is 5.69 Å². The molecule has 2 atom stereocenters. The summed E-state index contributed by atoms with van der Waals surface area (Å²) in [6.07, 6.45) is 0. The predicted octanol–water partition coefficient (Wildman–Crippen LogP) is 2.14. The number of carbonyl (C=O) groups excluding carboxylic acids is 2. The monoisotopic (exact) mass is 312 g/mol. The molecule has 0 fully saturated rings. The lowest BCUT2D eigenvalue weighted by molar-refractivity contribution is -0.141. The highest BCUT2D eigenvalue weighted by Gasteiger charge is 2.22. The van der Waals surface area contributed by atoms with Gasteiger partial charge in [0, 0.05) is 18.7 Å². The molecule has 0 bridgehead atoms. The van der Waals surface area contributed by atoms with Gasteiger partial charge in [-0.1, -0.05) is 11.6 Å². The van der Waals surface area contributed by atoms with Crippen LogP contribution >= 0.6 is 11.6 Å². The summed E-state index contributed by atoms with van der Waals surface area (Å²) in [6, 6.07) is 3.95. The third-order valence-corrected chi connectivity index (χ3v) is 3.36. The quantitative estimate of drug-likeness (QED) is 0.776. The summed E-state index contributed by atoms with van der Waals surface area (Å²) in [6.45, 7) is 4.45. The fraction of sp³-hybridized carbons (Fsp3) is 0.357. The zero-order valence-corrected chi connectivity index (χ0v) is 12.7. The van der Waals surface area contributed by atoms with Crippen LogP contribution in [0, 0.1) is 5.92 Å². The summed E-state index contributed by atoms with van der Waals surface area (Å²) in [4.78, 5) is 34.0. The molecule has 2 amide bonds. The fourth-order valence-electron chi connectivity index (χ4n) is 1.60. The number of hydrogen-bond acceptors (Lipinski definition) is 3. The van der Waals surface area contributed by atoms with Crippen molar-refractivity contribution >= 4 is 35.1 Å². The molecule has 2 unspecified atom stereocenters. The van der Waals surface area contributed by atoms with E-state index >= 15 is 0 Å². The Kier molecular flexibility index (Phi) is 5.72. The number of carboxylic acids is 1. The van der Waals surface area contributed by atoms with Gasteiger partial charge in [-0.15, -0.1) is 0 Å². The van der Waals surface area contributed by atoms with Crippen LogP contribution in [0.3, 0.4) is 0 Å². The maximum Gasteiger partial charge on any atom is 0.308 e. The molecule has 1 aromatic rings. The van der Waals surface area contributed by atoms with Crippen LogP contribution in [0.15, 0.2) is 18.2 Å². The molecule has 0 radical (unpaired) electrons. The summed E-state index contributed by atoms with van der Waals surface area (Å²) in [5.41, 5.74) is 0.614. The molecule has 1 aromatic carbocycles. The molecule has 0 spiro atoms. The Morgan fingerprint density at radius 1 is 1.24 bits per heavy atom. The van der Waals surface area contributed by atoms with Gasteiger partial charge in [-0.05, 0) is 32.0 Å². The van der Waals surface area contributed by atoms with Crippen molar-refractivity contribution in [3.63, 3.8) is 0 Å². The maximum absolute atomic E-state index is 12.1. The van der Waals surface area contributed by atoms with Crippen LogP contribution in [0.1, 0.15) is 31.1 Å². The number of benzene rings is 1. The van der Waals surface area contributed by atoms with E-state index in [0.29, 0.717) is 5.69 Å². The summed E-state index contributed by atoms with van der Waals surface area (Å²) < 4.78 is 0. The van der Waals surface area contributed by atoms with Gasteiger partial charge >= 0.3 is 5.97 Å². The Balaban J connectivity index is 2.91. The minimum atomic E-state index is -0.999. The number of carbonyl (C=O) groups is 3. The van der Waals surface area contributed by atoms with E-state index in [1.807, 2.05) is 0 Å². The molecular formula is C14H17ClN2O4. The Hall–Kier alpha value is -2.08. The first-order valence-corrected chi connectivity index (χ1v) is 6.71. The molecule has 7 heteroatoms. The number of hydrogen-bond donors (Lipinski definition) is 3. The minimum Gasteiger partial charge on any atom is -0.481 e. The normalized spacial score (nSPS) is 13.1. The van der Waals surface area contributed by atoms with Gasteiger partial charge in [0.1, 0.15) is 0 Å². The lowest BCUT2D eigenvalue weighted by atomic mass is 10.0. The molecule has 0 aliphatic rings. The van der Waals surface area contributed by atoms with E-state index in [1.165, 1.54) is 26.0 Å². The van der Waals surface area contributed by atoms with E-state index in [2.05, 4.69) is 10.6 Å². The van der Waals surface area contributed by atoms with Gasteiger partial charge in [0.05, 0.1) is 16.5 Å². The second-order valence-electron chi connectivity index (χ2n) is 4.76. The molecule has 6 nitrogen and oxygen atoms in total. The summed E-state index contributed by atoms with van der Waals surface area (Å²) >= 11 is 5.96. The van der Waals surface area contributed by atoms with Crippen LogP contribution in [0.2, 0.25) is 5.02 Å². The highest BCUT2D eigenvalue weighted by Crippen LogP contribution is 2.21. The van der Waals surface area contributed by atoms with Gasteiger partial charge in [0.2, 0.25) is 5.91 Å². The third-order valence-electron chi connectivity index (χ3n) is 3.03. The molecule has 21 heavy (non-hydrogen) atoms. The molecule has 0 aromatic heterocycles. The molecule has 0 aliphatic heterocycles. The first-order valence-electron chi connectivity index (χ1n) is 6.33. The van der Waals surface area contributed by atoms with Crippen LogP contribution in [-0.2, 0) is 9.59 Å². The van der Waals surface area contributed by atoms with Crippen molar-refractivity contribution < 1.29 is 19.5 Å². The smallest absolute Gasteiger partial charge is 0.308 e. The average molecular weight is 313 g/mol. The molecule has 0 heterocycles. The molecule has 1 rings (SSSR count). The number of anilines is 1. The van der Waals surface area contributed by atoms with Gasteiger partial charge in [0.15, 0.2) is 0 Å². The molecular weight excluding hydrogens is 296 g/mol. The highest BCUT2D eigenvalue weighted by atomic mass is 35.5. The van der Waals surface area contributed by atoms with Crippen molar-refractivity contribution in [3.8, 4) is 0 Å². The molecule has 0 saturated heterocycles. The van der Waals surface area contributed by atoms with Crippen LogP contribution in [-0.4, -0.2) is 28.9 Å². The summed E-state index contributed by atoms with van der Waals surface area (Å²) in [5, 5.41) is 14.3. The standard InChI is InChI=1S/C14H17ClN2O4/c1-7(14(20)21)8(2)16-13(19)11-6-10(17-9(3)18)4-5-12(11)15/h4-8H,1-3H3,(H,16,19)(H,17,18)(H,20,21). The number of aliphatic carboxylic acids is 1. The Labute approximate surface area is 127 Å². The number of amides is 2. The second kappa shape index (κ2) is 7.08. The van der Waals surface area contributed by atoms with Crippen molar-refractivity contribution in [2.24, 2.45) is 5.92 Å². The lowest BCUT2D eigenvalue weighted by Gasteiger charge is -2.18. The van der Waals surface area contributed by atoms with E-state index in [-0.39, 0.29) is 16.5 Å². The molecule has 0 saturated carbocycles. The van der Waals surface area contributed by atoms with E-state index in [9.17, 15) is 14.4 Å². The third kappa shape index (κ3) is 4.75. The zero-order valence-electron chi connectivity index (χ0n) is 11.9. The maximum atomic E-state index is 12.1. The Morgan fingerprint density at radius 3 is 2.38 bits per heavy atom. The van der Waals surface area contributed by atoms with E-state index in [0.717, 1.165) is 0 Å². The van der Waals surface area contributed by atoms with Crippen LogP contribution in [0.5, 0.6) is 0 Å². The van der Waals surface area contributed by atoms with Gasteiger partial charge in [-0.2, -0.15) is 0 Å². The first-order chi connectivity index (χ1) is 9.72. The zero-order chi connectivity index (χ0) is 16.2. The van der Waals surface area contributed by atoms with Gasteiger partial charge in [-0.25, -0.2) is 0 Å². The van der Waals surface area contributed by atoms with Gasteiger partial charge < -0.3 is 15.7 Å². The van der Waals surface area contributed by atoms with Gasteiger partial charge in [-0.3, -0.25) is 14.4 Å². The van der Waals surface area contributed by atoms with Gasteiger partial charge in [0.25, 0.3) is 5.91 Å². The number of carboxylic acid groups (broad SMARTS) is 1. The fourth-order valence-corrected chi connectivity index (χ4v) is 1.81. The number of nitrogens with one attached hydrogen (secondary N) is 2. The van der Waals surface area contributed by atoms with Crippen molar-refractivity contribution in [2.75, 3.05) is 5.32 Å².